The van der Waals surface area contributed by atoms with Crippen LogP contribution in [0.4, 0.5) is 0 Å². The lowest BCUT2D eigenvalue weighted by Crippen LogP contribution is -2.35. The van der Waals surface area contributed by atoms with Gasteiger partial charge in [0.05, 0.1) is 0 Å². The van der Waals surface area contributed by atoms with E-state index in [2.05, 4.69) is 5.32 Å². The van der Waals surface area contributed by atoms with Crippen molar-refractivity contribution in [3.63, 3.8) is 0 Å². The molecule has 0 radical (unpaired) electrons. The summed E-state index contributed by atoms with van der Waals surface area (Å²) in [7, 11) is 0. The lowest BCUT2D eigenvalue weighted by molar-refractivity contribution is -0.122. The smallest absolute Gasteiger partial charge is 0.220 e. The minimum Gasteiger partial charge on any atom is -0.355 e. The van der Waals surface area contributed by atoms with Crippen LogP contribution in [0.3, 0.4) is 0 Å². The number of nitrogens with two attached hydrogens (primary N) is 1. The van der Waals surface area contributed by atoms with Crippen LogP contribution in [0.1, 0.15) is 39.0 Å². The van der Waals surface area contributed by atoms with E-state index in [1.54, 1.807) is 0 Å². The van der Waals surface area contributed by atoms with Crippen molar-refractivity contribution in [2.24, 2.45) is 11.7 Å². The van der Waals surface area contributed by atoms with Gasteiger partial charge in [-0.1, -0.05) is 12.8 Å². The average Bonchev–Trinajstić information content (AvgIpc) is 2.53. The van der Waals surface area contributed by atoms with Gasteiger partial charge in [-0.2, -0.15) is 0 Å². The Morgan fingerprint density at radius 3 is 2.69 bits per heavy atom. The van der Waals surface area contributed by atoms with E-state index in [4.69, 9.17) is 5.73 Å². The lowest BCUT2D eigenvalue weighted by atomic mass is 10.0. The van der Waals surface area contributed by atoms with E-state index >= 15 is 0 Å². The van der Waals surface area contributed by atoms with E-state index in [1.165, 1.54) is 25.7 Å². The van der Waals surface area contributed by atoms with E-state index in [0.29, 0.717) is 18.9 Å². The van der Waals surface area contributed by atoms with Crippen molar-refractivity contribution in [2.45, 2.75) is 45.1 Å². The van der Waals surface area contributed by atoms with E-state index in [9.17, 15) is 4.79 Å². The summed E-state index contributed by atoms with van der Waals surface area (Å²) < 4.78 is 0. The number of amides is 1. The van der Waals surface area contributed by atoms with Crippen molar-refractivity contribution < 1.29 is 4.79 Å². The summed E-state index contributed by atoms with van der Waals surface area (Å²) in [5.41, 5.74) is 5.53. The molecule has 13 heavy (non-hydrogen) atoms. The molecule has 0 aromatic heterocycles. The Hall–Kier alpha value is -0.570. The number of hydrogen-bond donors (Lipinski definition) is 2. The summed E-state index contributed by atoms with van der Waals surface area (Å²) in [5.74, 6) is 0.803. The molecule has 0 heterocycles. The van der Waals surface area contributed by atoms with Gasteiger partial charge in [-0.15, -0.1) is 0 Å². The Morgan fingerprint density at radius 2 is 2.15 bits per heavy atom. The van der Waals surface area contributed by atoms with Crippen molar-refractivity contribution in [2.75, 3.05) is 6.54 Å². The molecule has 1 saturated carbocycles. The van der Waals surface area contributed by atoms with Crippen LogP contribution in [0.2, 0.25) is 0 Å². The predicted molar refractivity (Wildman–Crippen MR) is 53.2 cm³/mol. The molecule has 1 amide bonds. The summed E-state index contributed by atoms with van der Waals surface area (Å²) in [6.45, 7) is 2.50. The minimum absolute atomic E-state index is 0.0625. The fourth-order valence-electron chi connectivity index (χ4n) is 1.82. The second kappa shape index (κ2) is 5.22. The van der Waals surface area contributed by atoms with Crippen LogP contribution in [0.5, 0.6) is 0 Å². The zero-order valence-corrected chi connectivity index (χ0v) is 8.38. The normalized spacial score (nSPS) is 20.2. The fourth-order valence-corrected chi connectivity index (χ4v) is 1.82. The first-order chi connectivity index (χ1) is 6.18. The molecular formula is C10H20N2O. The zero-order chi connectivity index (χ0) is 9.68. The van der Waals surface area contributed by atoms with Crippen molar-refractivity contribution in [3.8, 4) is 0 Å². The van der Waals surface area contributed by atoms with Crippen LogP contribution in [0, 0.1) is 5.92 Å². The quantitative estimate of drug-likeness (QED) is 0.685. The van der Waals surface area contributed by atoms with E-state index < -0.39 is 0 Å². The SMILES string of the molecule is CC(N)CNC(=O)CC1CCCC1. The van der Waals surface area contributed by atoms with Gasteiger partial charge in [0.25, 0.3) is 0 Å². The van der Waals surface area contributed by atoms with Gasteiger partial charge in [-0.05, 0) is 25.7 Å². The van der Waals surface area contributed by atoms with Gasteiger partial charge in [-0.25, -0.2) is 0 Å². The van der Waals surface area contributed by atoms with E-state index in [0.717, 1.165) is 0 Å². The average molecular weight is 184 g/mol. The molecule has 3 nitrogen and oxygen atoms in total. The second-order valence-corrected chi connectivity index (χ2v) is 4.14. The molecule has 3 N–H and O–H groups in total. The van der Waals surface area contributed by atoms with Crippen LogP contribution in [-0.2, 0) is 4.79 Å². The Morgan fingerprint density at radius 1 is 1.54 bits per heavy atom. The van der Waals surface area contributed by atoms with Crippen molar-refractivity contribution in [1.29, 1.82) is 0 Å². The minimum atomic E-state index is 0.0625. The van der Waals surface area contributed by atoms with Gasteiger partial charge in [0.15, 0.2) is 0 Å². The highest BCUT2D eigenvalue weighted by molar-refractivity contribution is 5.76. The molecule has 1 aliphatic rings. The van der Waals surface area contributed by atoms with Crippen LogP contribution in [0.15, 0.2) is 0 Å². The highest BCUT2D eigenvalue weighted by Crippen LogP contribution is 2.27. The lowest BCUT2D eigenvalue weighted by Gasteiger charge is -2.10. The second-order valence-electron chi connectivity index (χ2n) is 4.14. The Bertz CT molecular complexity index is 162. The van der Waals surface area contributed by atoms with Gasteiger partial charge in [0, 0.05) is 19.0 Å². The summed E-state index contributed by atoms with van der Waals surface area (Å²) in [4.78, 5) is 11.3. The molecule has 1 rings (SSSR count). The number of carbonyl (C=O) groups excluding carboxylic acids is 1. The maximum atomic E-state index is 11.3. The van der Waals surface area contributed by atoms with Crippen molar-refractivity contribution in [3.05, 3.63) is 0 Å². The molecule has 1 atom stereocenters. The number of rotatable bonds is 4. The monoisotopic (exact) mass is 184 g/mol. The molecule has 0 aromatic carbocycles. The molecule has 0 aromatic rings. The summed E-state index contributed by atoms with van der Waals surface area (Å²) in [5, 5.41) is 2.85. The van der Waals surface area contributed by atoms with Gasteiger partial charge in [-0.3, -0.25) is 4.79 Å². The third-order valence-electron chi connectivity index (χ3n) is 2.57. The standard InChI is InChI=1S/C10H20N2O/c1-8(11)7-12-10(13)6-9-4-2-3-5-9/h8-9H,2-7,11H2,1H3,(H,12,13). The van der Waals surface area contributed by atoms with E-state index in [1.807, 2.05) is 6.92 Å². The topological polar surface area (TPSA) is 55.1 Å². The van der Waals surface area contributed by atoms with Crippen molar-refractivity contribution >= 4 is 5.91 Å². The van der Waals surface area contributed by atoms with Gasteiger partial charge in [0.2, 0.25) is 5.91 Å². The third-order valence-corrected chi connectivity index (χ3v) is 2.57. The molecule has 0 saturated heterocycles. The third kappa shape index (κ3) is 4.27. The number of carbonyl (C=O) groups is 1. The molecular weight excluding hydrogens is 164 g/mol. The maximum absolute atomic E-state index is 11.3. The van der Waals surface area contributed by atoms with Crippen LogP contribution < -0.4 is 11.1 Å². The zero-order valence-electron chi connectivity index (χ0n) is 8.38. The van der Waals surface area contributed by atoms with Gasteiger partial charge >= 0.3 is 0 Å². The first-order valence-electron chi connectivity index (χ1n) is 5.20. The Labute approximate surface area is 80.1 Å². The molecule has 0 spiro atoms. The van der Waals surface area contributed by atoms with Crippen LogP contribution >= 0.6 is 0 Å². The number of hydrogen-bond acceptors (Lipinski definition) is 2. The van der Waals surface area contributed by atoms with Gasteiger partial charge in [0.1, 0.15) is 0 Å². The first-order valence-corrected chi connectivity index (χ1v) is 5.20. The molecule has 0 bridgehead atoms. The van der Waals surface area contributed by atoms with Gasteiger partial charge < -0.3 is 11.1 Å². The maximum Gasteiger partial charge on any atom is 0.220 e. The molecule has 1 unspecified atom stereocenters. The Balaban J connectivity index is 2.09. The fraction of sp³-hybridized carbons (Fsp3) is 0.900. The highest BCUT2D eigenvalue weighted by atomic mass is 16.1. The summed E-state index contributed by atoms with van der Waals surface area (Å²) in [6, 6.07) is 0.0625. The number of nitrogens with one attached hydrogen (secondary N) is 1. The van der Waals surface area contributed by atoms with E-state index in [-0.39, 0.29) is 11.9 Å². The highest BCUT2D eigenvalue weighted by Gasteiger charge is 2.17. The largest absolute Gasteiger partial charge is 0.355 e. The predicted octanol–water partition coefficient (Wildman–Crippen LogP) is 1.03. The van der Waals surface area contributed by atoms with Crippen LogP contribution in [-0.4, -0.2) is 18.5 Å². The Kier molecular flexibility index (Phi) is 4.22. The molecule has 76 valence electrons. The molecule has 1 fully saturated rings. The summed E-state index contributed by atoms with van der Waals surface area (Å²) >= 11 is 0. The first kappa shape index (κ1) is 10.5. The molecule has 1 aliphatic carbocycles. The van der Waals surface area contributed by atoms with Crippen LogP contribution in [0.25, 0.3) is 0 Å². The van der Waals surface area contributed by atoms with Crippen molar-refractivity contribution in [1.82, 2.24) is 5.32 Å². The molecule has 3 heteroatoms. The molecule has 0 aliphatic heterocycles. The summed E-state index contributed by atoms with van der Waals surface area (Å²) in [6.07, 6.45) is 5.75.